The third-order valence-corrected chi connectivity index (χ3v) is 9.06. The molecule has 0 unspecified atom stereocenters. The van der Waals surface area contributed by atoms with Crippen LogP contribution in [0, 0.1) is 0 Å². The Bertz CT molecular complexity index is 1040. The summed E-state index contributed by atoms with van der Waals surface area (Å²) in [7, 11) is 0. The van der Waals surface area contributed by atoms with Gasteiger partial charge in [-0.3, -0.25) is 0 Å². The summed E-state index contributed by atoms with van der Waals surface area (Å²) in [5.74, 6) is 7.25. The normalized spacial score (nSPS) is 12.2. The van der Waals surface area contributed by atoms with Gasteiger partial charge in [-0.1, -0.05) is 0 Å². The third-order valence-electron chi connectivity index (χ3n) is 4.52. The molecule has 0 aliphatic carbocycles. The van der Waals surface area contributed by atoms with Gasteiger partial charge in [0.15, 0.2) is 0 Å². The molecule has 0 amide bonds. The molecule has 0 saturated heterocycles. The molecule has 0 aliphatic rings. The van der Waals surface area contributed by atoms with Crippen molar-refractivity contribution in [1.82, 2.24) is 9.55 Å². The van der Waals surface area contributed by atoms with Crippen LogP contribution in [0.5, 0.6) is 0 Å². The maximum atomic E-state index is 6.17. The number of nitrogens with zero attached hydrogens (tertiary/aromatic N) is 2. The first-order chi connectivity index (χ1) is 11.4. The molecule has 2 aromatic carbocycles. The van der Waals surface area contributed by atoms with Gasteiger partial charge in [0.05, 0.1) is 0 Å². The van der Waals surface area contributed by atoms with Gasteiger partial charge in [0.25, 0.3) is 0 Å². The Morgan fingerprint density at radius 2 is 1.58 bits per heavy atom. The number of fused-ring (bicyclic) bond motifs is 3. The fourth-order valence-corrected chi connectivity index (χ4v) is 5.83. The van der Waals surface area contributed by atoms with Crippen LogP contribution in [0.25, 0.3) is 27.5 Å². The van der Waals surface area contributed by atoms with E-state index in [1.807, 2.05) is 12.3 Å². The molecule has 0 atom stereocenters. The minimum atomic E-state index is -1.80. The number of benzene rings is 2. The Morgan fingerprint density at radius 1 is 0.875 bits per heavy atom. The second-order valence-corrected chi connectivity index (χ2v) is 18.2. The molecule has 0 fully saturated rings. The summed E-state index contributed by atoms with van der Waals surface area (Å²) in [6.45, 7) is 0. The fourth-order valence-electron chi connectivity index (χ4n) is 3.23. The van der Waals surface area contributed by atoms with E-state index < -0.39 is 13.3 Å². The van der Waals surface area contributed by atoms with Crippen LogP contribution in [0.1, 0.15) is 0 Å². The van der Waals surface area contributed by atoms with Gasteiger partial charge in [-0.05, 0) is 0 Å². The topological polar surface area (TPSA) is 17.8 Å². The fraction of sp³-hybridized carbons (Fsp3) is 0.150. The van der Waals surface area contributed by atoms with Crippen molar-refractivity contribution in [3.05, 3.63) is 65.9 Å². The molecule has 120 valence electrons. The van der Waals surface area contributed by atoms with Crippen LogP contribution in [-0.2, 0) is 0 Å². The summed E-state index contributed by atoms with van der Waals surface area (Å²) in [6.07, 6.45) is 1.87. The van der Waals surface area contributed by atoms with Crippen LogP contribution < -0.4 is 4.40 Å². The van der Waals surface area contributed by atoms with E-state index in [0.717, 1.165) is 10.9 Å². The van der Waals surface area contributed by atoms with Gasteiger partial charge in [0, 0.05) is 0 Å². The SMILES string of the molecule is [CH3][Ge]([CH3])([CH3])[c]1ccc(-n2c3ccccc3c3cnc(Cl)cc32)cc1. The standard InChI is InChI=1S/C20H19ClGeN2/c1-22(2,3)14-8-10-15(11-9-14)24-18-7-5-4-6-16(18)17-13-23-20(21)12-19(17)24/h4-13H,1-3H3. The van der Waals surface area contributed by atoms with Gasteiger partial charge < -0.3 is 0 Å². The van der Waals surface area contributed by atoms with Gasteiger partial charge in [-0.2, -0.15) is 0 Å². The van der Waals surface area contributed by atoms with Crippen LogP contribution in [0.2, 0.25) is 22.4 Å². The first-order valence-corrected chi connectivity index (χ1v) is 15.8. The van der Waals surface area contributed by atoms with Crippen molar-refractivity contribution in [3.63, 3.8) is 0 Å². The Labute approximate surface area is 149 Å². The minimum absolute atomic E-state index is 0.521. The van der Waals surface area contributed by atoms with Crippen LogP contribution in [-0.4, -0.2) is 22.8 Å². The van der Waals surface area contributed by atoms with Gasteiger partial charge in [0.2, 0.25) is 0 Å². The van der Waals surface area contributed by atoms with Gasteiger partial charge >= 0.3 is 150 Å². The molecule has 0 radical (unpaired) electrons. The zero-order valence-electron chi connectivity index (χ0n) is 14.0. The van der Waals surface area contributed by atoms with Crippen LogP contribution >= 0.6 is 11.6 Å². The zero-order chi connectivity index (χ0) is 16.9. The van der Waals surface area contributed by atoms with E-state index in [2.05, 4.69) is 75.4 Å². The van der Waals surface area contributed by atoms with Crippen molar-refractivity contribution >= 4 is 51.1 Å². The van der Waals surface area contributed by atoms with Gasteiger partial charge in [-0.15, -0.1) is 0 Å². The Balaban J connectivity index is 2.02. The summed E-state index contributed by atoms with van der Waals surface area (Å²) in [4.78, 5) is 4.27. The summed E-state index contributed by atoms with van der Waals surface area (Å²) >= 11 is 4.37. The summed E-state index contributed by atoms with van der Waals surface area (Å²) < 4.78 is 3.79. The quantitative estimate of drug-likeness (QED) is 0.329. The second-order valence-electron chi connectivity index (χ2n) is 7.17. The molecular weight excluding hydrogens is 376 g/mol. The van der Waals surface area contributed by atoms with Crippen LogP contribution in [0.3, 0.4) is 0 Å². The molecule has 0 spiro atoms. The molecule has 0 saturated carbocycles. The van der Waals surface area contributed by atoms with E-state index in [9.17, 15) is 0 Å². The van der Waals surface area contributed by atoms with Crippen molar-refractivity contribution in [1.29, 1.82) is 0 Å². The number of rotatable bonds is 2. The zero-order valence-corrected chi connectivity index (χ0v) is 16.9. The monoisotopic (exact) mass is 396 g/mol. The average molecular weight is 395 g/mol. The van der Waals surface area contributed by atoms with Crippen molar-refractivity contribution in [2.45, 2.75) is 17.3 Å². The molecule has 2 heterocycles. The molecule has 4 rings (SSSR count). The summed E-state index contributed by atoms with van der Waals surface area (Å²) in [6, 6.07) is 19.4. The molecule has 24 heavy (non-hydrogen) atoms. The van der Waals surface area contributed by atoms with Crippen molar-refractivity contribution in [2.24, 2.45) is 0 Å². The number of hydrogen-bond acceptors (Lipinski definition) is 1. The first-order valence-electron chi connectivity index (χ1n) is 8.11. The Morgan fingerprint density at radius 3 is 2.29 bits per heavy atom. The van der Waals surface area contributed by atoms with E-state index in [1.165, 1.54) is 21.0 Å². The number of halogens is 1. The predicted molar refractivity (Wildman–Crippen MR) is 107 cm³/mol. The van der Waals surface area contributed by atoms with Crippen molar-refractivity contribution < 1.29 is 0 Å². The van der Waals surface area contributed by atoms with E-state index in [0.29, 0.717) is 5.15 Å². The third kappa shape index (κ3) is 2.54. The first kappa shape index (κ1) is 15.7. The molecule has 0 N–H and O–H groups in total. The molecule has 4 aromatic rings. The molecule has 0 bridgehead atoms. The van der Waals surface area contributed by atoms with E-state index >= 15 is 0 Å². The van der Waals surface area contributed by atoms with Crippen LogP contribution in [0.15, 0.2) is 60.8 Å². The Hall–Kier alpha value is -1.78. The van der Waals surface area contributed by atoms with E-state index in [1.54, 1.807) is 0 Å². The Kier molecular flexibility index (Phi) is 3.70. The molecule has 0 aliphatic heterocycles. The van der Waals surface area contributed by atoms with Crippen LogP contribution in [0.4, 0.5) is 0 Å². The summed E-state index contributed by atoms with van der Waals surface area (Å²) in [5.41, 5.74) is 3.45. The van der Waals surface area contributed by atoms with Crippen molar-refractivity contribution in [2.75, 3.05) is 0 Å². The summed E-state index contributed by atoms with van der Waals surface area (Å²) in [5, 5.41) is 2.86. The number of hydrogen-bond donors (Lipinski definition) is 0. The number of aromatic nitrogens is 2. The maximum absolute atomic E-state index is 6.17. The second kappa shape index (κ2) is 5.64. The average Bonchev–Trinajstić information content (AvgIpc) is 2.87. The van der Waals surface area contributed by atoms with E-state index in [4.69, 9.17) is 11.6 Å². The molecule has 2 nitrogen and oxygen atoms in total. The van der Waals surface area contributed by atoms with Crippen molar-refractivity contribution in [3.8, 4) is 5.69 Å². The number of para-hydroxylation sites is 1. The molecule has 4 heteroatoms. The van der Waals surface area contributed by atoms with Gasteiger partial charge in [0.1, 0.15) is 0 Å². The molecule has 2 aromatic heterocycles. The van der Waals surface area contributed by atoms with Gasteiger partial charge in [-0.25, -0.2) is 0 Å². The number of pyridine rings is 1. The molecular formula is C20H19ClGeN2. The van der Waals surface area contributed by atoms with E-state index in [-0.39, 0.29) is 0 Å². The predicted octanol–water partition coefficient (Wildman–Crippen LogP) is 5.38.